The fraction of sp³-hybridized carbons (Fsp3) is 0.562. The highest BCUT2D eigenvalue weighted by Crippen LogP contribution is 2.11. The van der Waals surface area contributed by atoms with Crippen molar-refractivity contribution in [2.45, 2.75) is 53.4 Å². The lowest BCUT2D eigenvalue weighted by atomic mass is 10.1. The lowest BCUT2D eigenvalue weighted by molar-refractivity contribution is 0.916. The third-order valence-corrected chi connectivity index (χ3v) is 2.65. The van der Waals surface area contributed by atoms with Crippen LogP contribution in [0.5, 0.6) is 0 Å². The van der Waals surface area contributed by atoms with E-state index in [1.54, 1.807) is 0 Å². The first-order valence-electron chi connectivity index (χ1n) is 6.34. The molecule has 1 nitrogen and oxygen atoms in total. The van der Waals surface area contributed by atoms with Gasteiger partial charge in [0.1, 0.15) is 0 Å². The molecule has 0 aliphatic rings. The summed E-state index contributed by atoms with van der Waals surface area (Å²) in [5.41, 5.74) is 4.20. The van der Waals surface area contributed by atoms with Gasteiger partial charge in [0.25, 0.3) is 0 Å². The summed E-state index contributed by atoms with van der Waals surface area (Å²) in [5.74, 6) is 0. The van der Waals surface area contributed by atoms with Crippen LogP contribution in [0.2, 0.25) is 0 Å². The van der Waals surface area contributed by atoms with Gasteiger partial charge in [-0.3, -0.25) is 0 Å². The Morgan fingerprint density at radius 2 is 1.41 bits per heavy atom. The molecule has 0 aromatic carbocycles. The normalized spacial score (nSPS) is 12.2. The largest absolute Gasteiger partial charge is 0.312 e. The van der Waals surface area contributed by atoms with Crippen molar-refractivity contribution >= 4 is 0 Å². The Labute approximate surface area is 107 Å². The zero-order chi connectivity index (χ0) is 13.1. The molecule has 17 heavy (non-hydrogen) atoms. The van der Waals surface area contributed by atoms with E-state index in [4.69, 9.17) is 6.57 Å². The molecular weight excluding hydrogens is 206 g/mol. The molecule has 0 amide bonds. The van der Waals surface area contributed by atoms with Crippen molar-refractivity contribution < 1.29 is 0 Å². The summed E-state index contributed by atoms with van der Waals surface area (Å²) in [7, 11) is 0. The van der Waals surface area contributed by atoms with Crippen LogP contribution >= 0.6 is 0 Å². The van der Waals surface area contributed by atoms with E-state index in [-0.39, 0.29) is 0 Å². The van der Waals surface area contributed by atoms with Crippen LogP contribution in [-0.4, -0.2) is 6.54 Å². The van der Waals surface area contributed by atoms with Gasteiger partial charge in [0.15, 0.2) is 0 Å². The first-order valence-corrected chi connectivity index (χ1v) is 6.34. The zero-order valence-electron chi connectivity index (χ0n) is 11.7. The van der Waals surface area contributed by atoms with Crippen LogP contribution in [0.1, 0.15) is 53.4 Å². The second-order valence-corrected chi connectivity index (χ2v) is 4.80. The van der Waals surface area contributed by atoms with Crippen LogP contribution in [0.15, 0.2) is 34.9 Å². The molecule has 0 aromatic heterocycles. The Hall–Kier alpha value is -1.29. The average molecular weight is 231 g/mol. The third-order valence-electron chi connectivity index (χ3n) is 2.65. The maximum absolute atomic E-state index is 6.71. The molecule has 1 heteroatoms. The highest BCUT2D eigenvalue weighted by Gasteiger charge is 1.92. The van der Waals surface area contributed by atoms with Crippen molar-refractivity contribution in [3.63, 3.8) is 0 Å². The summed E-state index contributed by atoms with van der Waals surface area (Å²) >= 11 is 0. The quantitative estimate of drug-likeness (QED) is 0.412. The van der Waals surface area contributed by atoms with E-state index in [0.29, 0.717) is 6.54 Å². The average Bonchev–Trinajstić information content (AvgIpc) is 2.25. The molecule has 0 fully saturated rings. The fourth-order valence-corrected chi connectivity index (χ4v) is 1.54. The topological polar surface area (TPSA) is 4.36 Å². The van der Waals surface area contributed by atoms with Crippen molar-refractivity contribution in [2.24, 2.45) is 0 Å². The minimum absolute atomic E-state index is 0.523. The summed E-state index contributed by atoms with van der Waals surface area (Å²) in [6.07, 6.45) is 11.1. The molecule has 0 rings (SSSR count). The van der Waals surface area contributed by atoms with Gasteiger partial charge in [0.05, 0.1) is 0 Å². The molecule has 0 N–H and O–H groups in total. The SMILES string of the molecule is [C-]#[N+]CC=C(C)CCC=C(C)CCC=C(C)C. The first-order chi connectivity index (χ1) is 8.06. The van der Waals surface area contributed by atoms with Gasteiger partial charge < -0.3 is 4.85 Å². The molecule has 94 valence electrons. The summed E-state index contributed by atoms with van der Waals surface area (Å²) < 4.78 is 0. The Morgan fingerprint density at radius 3 is 1.94 bits per heavy atom. The van der Waals surface area contributed by atoms with Crippen molar-refractivity contribution in [3.8, 4) is 0 Å². The number of allylic oxidation sites excluding steroid dienone is 5. The molecule has 0 spiro atoms. The summed E-state index contributed by atoms with van der Waals surface area (Å²) in [6, 6.07) is 0. The van der Waals surface area contributed by atoms with E-state index in [2.05, 4.69) is 44.7 Å². The molecule has 0 radical (unpaired) electrons. The van der Waals surface area contributed by atoms with Gasteiger partial charge in [-0.05, 0) is 59.5 Å². The van der Waals surface area contributed by atoms with Gasteiger partial charge in [-0.25, -0.2) is 6.57 Å². The molecule has 0 unspecified atom stereocenters. The Kier molecular flexibility index (Phi) is 9.15. The Morgan fingerprint density at radius 1 is 0.882 bits per heavy atom. The van der Waals surface area contributed by atoms with Gasteiger partial charge >= 0.3 is 0 Å². The number of nitrogens with zero attached hydrogens (tertiary/aromatic N) is 1. The maximum atomic E-state index is 6.71. The summed E-state index contributed by atoms with van der Waals surface area (Å²) in [6.45, 7) is 15.8. The van der Waals surface area contributed by atoms with Crippen molar-refractivity contribution in [2.75, 3.05) is 6.54 Å². The van der Waals surface area contributed by atoms with Crippen molar-refractivity contribution in [1.82, 2.24) is 0 Å². The molecule has 0 aliphatic carbocycles. The summed E-state index contributed by atoms with van der Waals surface area (Å²) in [5, 5.41) is 0. The van der Waals surface area contributed by atoms with Crippen LogP contribution in [0, 0.1) is 6.57 Å². The monoisotopic (exact) mass is 231 g/mol. The fourth-order valence-electron chi connectivity index (χ4n) is 1.54. The van der Waals surface area contributed by atoms with Crippen LogP contribution < -0.4 is 0 Å². The predicted octanol–water partition coefficient (Wildman–Crippen LogP) is 5.32. The first kappa shape index (κ1) is 15.7. The Bertz CT molecular complexity index is 333. The van der Waals surface area contributed by atoms with Gasteiger partial charge in [-0.2, -0.15) is 0 Å². The van der Waals surface area contributed by atoms with E-state index >= 15 is 0 Å². The minimum atomic E-state index is 0.523. The van der Waals surface area contributed by atoms with Crippen LogP contribution in [-0.2, 0) is 0 Å². The number of hydrogen-bond donors (Lipinski definition) is 0. The molecule has 0 aliphatic heterocycles. The second kappa shape index (κ2) is 9.90. The van der Waals surface area contributed by atoms with Gasteiger partial charge in [0.2, 0.25) is 6.54 Å². The molecule has 0 aromatic rings. The Balaban J connectivity index is 3.85. The lowest BCUT2D eigenvalue weighted by Gasteiger charge is -2.00. The van der Waals surface area contributed by atoms with E-state index in [1.807, 2.05) is 6.08 Å². The van der Waals surface area contributed by atoms with E-state index in [9.17, 15) is 0 Å². The summed E-state index contributed by atoms with van der Waals surface area (Å²) in [4.78, 5) is 3.33. The van der Waals surface area contributed by atoms with Crippen LogP contribution in [0.25, 0.3) is 4.85 Å². The number of hydrogen-bond acceptors (Lipinski definition) is 0. The highest BCUT2D eigenvalue weighted by atomic mass is 14.6. The molecule has 0 atom stereocenters. The lowest BCUT2D eigenvalue weighted by Crippen LogP contribution is -1.81. The molecule has 0 saturated heterocycles. The van der Waals surface area contributed by atoms with E-state index in [0.717, 1.165) is 25.7 Å². The van der Waals surface area contributed by atoms with Gasteiger partial charge in [-0.1, -0.05) is 28.9 Å². The standard InChI is InChI=1S/C16H25N/c1-14(2)8-6-9-15(3)10-7-11-16(4)12-13-17-5/h8,10,12H,6-7,9,11,13H2,1-4H3. The van der Waals surface area contributed by atoms with E-state index < -0.39 is 0 Å². The predicted molar refractivity (Wildman–Crippen MR) is 76.9 cm³/mol. The molecule has 0 saturated carbocycles. The van der Waals surface area contributed by atoms with E-state index in [1.165, 1.54) is 16.7 Å². The molecular formula is C16H25N. The number of rotatable bonds is 7. The maximum Gasteiger partial charge on any atom is 0.233 e. The molecule has 0 bridgehead atoms. The second-order valence-electron chi connectivity index (χ2n) is 4.80. The van der Waals surface area contributed by atoms with Crippen molar-refractivity contribution in [3.05, 3.63) is 46.4 Å². The third kappa shape index (κ3) is 11.0. The van der Waals surface area contributed by atoms with Gasteiger partial charge in [0, 0.05) is 0 Å². The smallest absolute Gasteiger partial charge is 0.233 e. The highest BCUT2D eigenvalue weighted by molar-refractivity contribution is 5.06. The van der Waals surface area contributed by atoms with Gasteiger partial charge in [-0.15, -0.1) is 0 Å². The van der Waals surface area contributed by atoms with Crippen LogP contribution in [0.4, 0.5) is 0 Å². The molecule has 0 heterocycles. The van der Waals surface area contributed by atoms with Crippen molar-refractivity contribution in [1.29, 1.82) is 0 Å². The minimum Gasteiger partial charge on any atom is -0.312 e. The van der Waals surface area contributed by atoms with Crippen LogP contribution in [0.3, 0.4) is 0 Å². The zero-order valence-corrected chi connectivity index (χ0v) is 11.7.